The molecular formula is C15H14ClN3O4S3. The van der Waals surface area contributed by atoms with Gasteiger partial charge in [-0.3, -0.25) is 9.59 Å². The van der Waals surface area contributed by atoms with Gasteiger partial charge in [-0.15, -0.1) is 23.1 Å². The Morgan fingerprint density at radius 3 is 2.77 bits per heavy atom. The van der Waals surface area contributed by atoms with E-state index in [1.54, 1.807) is 24.3 Å². The number of nitrogens with two attached hydrogens (primary N) is 1. The summed E-state index contributed by atoms with van der Waals surface area (Å²) in [6.07, 6.45) is 0.00594. The van der Waals surface area contributed by atoms with Crippen molar-refractivity contribution in [3.63, 3.8) is 0 Å². The first-order valence-electron chi connectivity index (χ1n) is 7.37. The average Bonchev–Trinajstić information content (AvgIpc) is 3.03. The van der Waals surface area contributed by atoms with Gasteiger partial charge in [-0.25, -0.2) is 13.6 Å². The molecule has 1 aromatic heterocycles. The van der Waals surface area contributed by atoms with Crippen molar-refractivity contribution in [3.05, 3.63) is 40.2 Å². The molecule has 0 saturated heterocycles. The molecule has 26 heavy (non-hydrogen) atoms. The maximum absolute atomic E-state index is 12.2. The van der Waals surface area contributed by atoms with Crippen LogP contribution in [0.25, 0.3) is 0 Å². The van der Waals surface area contributed by atoms with Crippen molar-refractivity contribution in [2.75, 3.05) is 5.32 Å². The number of primary sulfonamides is 1. The van der Waals surface area contributed by atoms with E-state index in [2.05, 4.69) is 10.6 Å². The van der Waals surface area contributed by atoms with Crippen molar-refractivity contribution >= 4 is 62.2 Å². The van der Waals surface area contributed by atoms with E-state index >= 15 is 0 Å². The number of benzene rings is 1. The lowest BCUT2D eigenvalue weighted by Crippen LogP contribution is -2.34. The van der Waals surface area contributed by atoms with Crippen LogP contribution in [-0.2, 0) is 26.2 Å². The number of anilines is 1. The molecule has 4 N–H and O–H groups in total. The van der Waals surface area contributed by atoms with E-state index < -0.39 is 15.3 Å². The highest BCUT2D eigenvalue weighted by molar-refractivity contribution is 8.01. The third-order valence-corrected chi connectivity index (χ3v) is 7.54. The van der Waals surface area contributed by atoms with Crippen molar-refractivity contribution in [2.45, 2.75) is 27.3 Å². The van der Waals surface area contributed by atoms with E-state index in [-0.39, 0.29) is 29.0 Å². The summed E-state index contributed by atoms with van der Waals surface area (Å²) >= 11 is 8.21. The highest BCUT2D eigenvalue weighted by Gasteiger charge is 2.29. The molecule has 1 atom stereocenters. The fourth-order valence-electron chi connectivity index (χ4n) is 2.29. The zero-order chi connectivity index (χ0) is 18.9. The zero-order valence-corrected chi connectivity index (χ0v) is 16.4. The Labute approximate surface area is 163 Å². The molecule has 0 radical (unpaired) electrons. The van der Waals surface area contributed by atoms with Crippen molar-refractivity contribution in [1.82, 2.24) is 5.32 Å². The van der Waals surface area contributed by atoms with Gasteiger partial charge in [0.2, 0.25) is 21.8 Å². The lowest BCUT2D eigenvalue weighted by atomic mass is 10.2. The Hall–Kier alpha value is -1.59. The highest BCUT2D eigenvalue weighted by Crippen LogP contribution is 2.38. The van der Waals surface area contributed by atoms with Gasteiger partial charge in [-0.05, 0) is 30.3 Å². The SMILES string of the molecule is NS(=O)(=O)c1ccc(CNC(=O)CC2Sc3ccc(Cl)cc3NC2=O)s1. The van der Waals surface area contributed by atoms with Crippen LogP contribution in [0.5, 0.6) is 0 Å². The molecule has 0 bridgehead atoms. The first-order chi connectivity index (χ1) is 12.2. The monoisotopic (exact) mass is 431 g/mol. The van der Waals surface area contributed by atoms with Gasteiger partial charge < -0.3 is 10.6 Å². The minimum Gasteiger partial charge on any atom is -0.351 e. The Morgan fingerprint density at radius 1 is 1.31 bits per heavy atom. The van der Waals surface area contributed by atoms with Crippen LogP contribution in [0.4, 0.5) is 5.69 Å². The van der Waals surface area contributed by atoms with E-state index in [9.17, 15) is 18.0 Å². The largest absolute Gasteiger partial charge is 0.351 e. The molecular weight excluding hydrogens is 418 g/mol. The van der Waals surface area contributed by atoms with E-state index in [1.165, 1.54) is 17.8 Å². The van der Waals surface area contributed by atoms with Gasteiger partial charge in [0, 0.05) is 21.2 Å². The predicted molar refractivity (Wildman–Crippen MR) is 102 cm³/mol. The van der Waals surface area contributed by atoms with Gasteiger partial charge in [0.15, 0.2) is 0 Å². The van der Waals surface area contributed by atoms with Crippen molar-refractivity contribution < 1.29 is 18.0 Å². The van der Waals surface area contributed by atoms with Crippen molar-refractivity contribution in [3.8, 4) is 0 Å². The van der Waals surface area contributed by atoms with Gasteiger partial charge in [0.1, 0.15) is 4.21 Å². The van der Waals surface area contributed by atoms with Crippen LogP contribution in [-0.4, -0.2) is 25.5 Å². The third-order valence-electron chi connectivity index (χ3n) is 3.51. The minimum atomic E-state index is -3.74. The number of sulfonamides is 1. The summed E-state index contributed by atoms with van der Waals surface area (Å²) in [6.45, 7) is 0.171. The molecule has 7 nitrogen and oxygen atoms in total. The number of amides is 2. The number of nitrogens with one attached hydrogen (secondary N) is 2. The molecule has 1 aromatic carbocycles. The van der Waals surface area contributed by atoms with E-state index in [4.69, 9.17) is 16.7 Å². The van der Waals surface area contributed by atoms with Gasteiger partial charge in [-0.2, -0.15) is 0 Å². The number of halogens is 1. The molecule has 0 fully saturated rings. The summed E-state index contributed by atoms with van der Waals surface area (Å²) in [7, 11) is -3.74. The number of thiophene rings is 1. The van der Waals surface area contributed by atoms with E-state index in [0.29, 0.717) is 15.6 Å². The fourth-order valence-corrected chi connectivity index (χ4v) is 5.27. The molecule has 2 heterocycles. The molecule has 0 spiro atoms. The second-order valence-corrected chi connectivity index (χ2v) is 10.1. The Balaban J connectivity index is 1.57. The van der Waals surface area contributed by atoms with Crippen LogP contribution in [0.2, 0.25) is 5.02 Å². The molecule has 138 valence electrons. The first kappa shape index (κ1) is 19.2. The van der Waals surface area contributed by atoms with E-state index in [0.717, 1.165) is 16.2 Å². The zero-order valence-electron chi connectivity index (χ0n) is 13.2. The standard InChI is InChI=1S/C15H14ClN3O4S3/c16-8-1-3-11-10(5-8)19-15(21)12(25-11)6-13(20)18-7-9-2-4-14(24-9)26(17,22)23/h1-5,12H,6-7H2,(H,18,20)(H,19,21)(H2,17,22,23). The second-order valence-electron chi connectivity index (χ2n) is 5.48. The van der Waals surface area contributed by atoms with Crippen LogP contribution < -0.4 is 15.8 Å². The fraction of sp³-hybridized carbons (Fsp3) is 0.200. The van der Waals surface area contributed by atoms with Gasteiger partial charge in [0.25, 0.3) is 0 Å². The minimum absolute atomic E-state index is 0.00594. The lowest BCUT2D eigenvalue weighted by Gasteiger charge is -2.23. The Bertz CT molecular complexity index is 974. The summed E-state index contributed by atoms with van der Waals surface area (Å²) in [5.74, 6) is -0.562. The molecule has 0 saturated carbocycles. The summed E-state index contributed by atoms with van der Waals surface area (Å²) in [5, 5.41) is 10.5. The molecule has 11 heteroatoms. The third kappa shape index (κ3) is 4.57. The lowest BCUT2D eigenvalue weighted by molar-refractivity contribution is -0.124. The second kappa shape index (κ2) is 7.57. The van der Waals surface area contributed by atoms with Crippen LogP contribution in [0, 0.1) is 0 Å². The van der Waals surface area contributed by atoms with Crippen LogP contribution in [0.15, 0.2) is 39.4 Å². The smallest absolute Gasteiger partial charge is 0.247 e. The van der Waals surface area contributed by atoms with Gasteiger partial charge in [0.05, 0.1) is 17.5 Å². The summed E-state index contributed by atoms with van der Waals surface area (Å²) in [5.41, 5.74) is 0.637. The van der Waals surface area contributed by atoms with Crippen molar-refractivity contribution in [1.29, 1.82) is 0 Å². The van der Waals surface area contributed by atoms with Crippen LogP contribution in [0.1, 0.15) is 11.3 Å². The number of fused-ring (bicyclic) bond motifs is 1. The van der Waals surface area contributed by atoms with Gasteiger partial charge >= 0.3 is 0 Å². The molecule has 3 rings (SSSR count). The topological polar surface area (TPSA) is 118 Å². The average molecular weight is 432 g/mol. The highest BCUT2D eigenvalue weighted by atomic mass is 35.5. The summed E-state index contributed by atoms with van der Waals surface area (Å²) < 4.78 is 22.5. The Morgan fingerprint density at radius 2 is 2.08 bits per heavy atom. The molecule has 2 aromatic rings. The number of rotatable bonds is 5. The molecule has 2 amide bonds. The Kier molecular flexibility index (Phi) is 5.58. The number of thioether (sulfide) groups is 1. The summed E-state index contributed by atoms with van der Waals surface area (Å²) in [4.78, 5) is 25.8. The van der Waals surface area contributed by atoms with Crippen LogP contribution in [0.3, 0.4) is 0 Å². The van der Waals surface area contributed by atoms with Crippen LogP contribution >= 0.6 is 34.7 Å². The summed E-state index contributed by atoms with van der Waals surface area (Å²) in [6, 6.07) is 8.17. The normalized spacial score (nSPS) is 16.7. The molecule has 1 aliphatic rings. The van der Waals surface area contributed by atoms with Gasteiger partial charge in [-0.1, -0.05) is 11.6 Å². The van der Waals surface area contributed by atoms with Crippen molar-refractivity contribution in [2.24, 2.45) is 5.14 Å². The number of carbonyl (C=O) groups is 2. The maximum Gasteiger partial charge on any atom is 0.247 e. The first-order valence-corrected chi connectivity index (χ1v) is 11.0. The van der Waals surface area contributed by atoms with E-state index in [1.807, 2.05) is 0 Å². The molecule has 0 aliphatic carbocycles. The number of carbonyl (C=O) groups excluding carboxylic acids is 2. The quantitative estimate of drug-likeness (QED) is 0.670. The predicted octanol–water partition coefficient (Wildman–Crippen LogP) is 2.17. The molecule has 1 aliphatic heterocycles. The maximum atomic E-state index is 12.2. The molecule has 1 unspecified atom stereocenters. The number of hydrogen-bond donors (Lipinski definition) is 3. The number of hydrogen-bond acceptors (Lipinski definition) is 6.